The number of carbonyl (C=O) groups excluding carboxylic acids is 2. The molecule has 0 spiro atoms. The van der Waals surface area contributed by atoms with Gasteiger partial charge in [0.05, 0.1) is 5.69 Å². The maximum Gasteiger partial charge on any atom is 0.420 e. The standard InChI is InChI=1S/C26H27N3O4S/c1-6-26(22-8-7-13-34-22)19-14-17(9-11-21(19)28(5)23(30)16-32-26)20-12-10-18(15-27)29(20)24(31)33-25(2,3)4/h7-14H,6,16H2,1-5H3. The van der Waals surface area contributed by atoms with Crippen LogP contribution in [0.4, 0.5) is 10.5 Å². The number of ether oxygens (including phenoxy) is 2. The molecule has 176 valence electrons. The molecular weight excluding hydrogens is 450 g/mol. The van der Waals surface area contributed by atoms with Gasteiger partial charge in [0.15, 0.2) is 0 Å². The van der Waals surface area contributed by atoms with Gasteiger partial charge in [0, 0.05) is 23.2 Å². The molecule has 2 aromatic heterocycles. The van der Waals surface area contributed by atoms with Crippen molar-refractivity contribution in [3.8, 4) is 17.3 Å². The molecule has 1 atom stereocenters. The lowest BCUT2D eigenvalue weighted by atomic mass is 9.86. The highest BCUT2D eigenvalue weighted by atomic mass is 32.1. The van der Waals surface area contributed by atoms with Gasteiger partial charge in [-0.25, -0.2) is 9.36 Å². The van der Waals surface area contributed by atoms with Gasteiger partial charge in [0.2, 0.25) is 0 Å². The van der Waals surface area contributed by atoms with Crippen molar-refractivity contribution in [1.29, 1.82) is 5.26 Å². The number of hydrogen-bond donors (Lipinski definition) is 0. The normalized spacial score (nSPS) is 18.2. The van der Waals surface area contributed by atoms with Gasteiger partial charge < -0.3 is 14.4 Å². The highest BCUT2D eigenvalue weighted by molar-refractivity contribution is 7.10. The zero-order valence-electron chi connectivity index (χ0n) is 19.9. The minimum Gasteiger partial charge on any atom is -0.443 e. The van der Waals surface area contributed by atoms with E-state index < -0.39 is 17.3 Å². The Hall–Kier alpha value is -3.41. The Labute approximate surface area is 203 Å². The predicted molar refractivity (Wildman–Crippen MR) is 131 cm³/mol. The topological polar surface area (TPSA) is 84.6 Å². The van der Waals surface area contributed by atoms with Gasteiger partial charge in [-0.05, 0) is 68.5 Å². The second kappa shape index (κ2) is 8.75. The lowest BCUT2D eigenvalue weighted by molar-refractivity contribution is -0.127. The molecule has 0 saturated carbocycles. The molecule has 0 fully saturated rings. The number of amides is 1. The molecule has 0 bridgehead atoms. The van der Waals surface area contributed by atoms with Crippen LogP contribution in [-0.2, 0) is 19.9 Å². The van der Waals surface area contributed by atoms with Crippen LogP contribution >= 0.6 is 11.3 Å². The number of carbonyl (C=O) groups is 2. The van der Waals surface area contributed by atoms with Crippen LogP contribution in [0.15, 0.2) is 47.8 Å². The van der Waals surface area contributed by atoms with Crippen LogP contribution in [0, 0.1) is 11.3 Å². The monoisotopic (exact) mass is 477 g/mol. The summed E-state index contributed by atoms with van der Waals surface area (Å²) in [6.45, 7) is 7.33. The third kappa shape index (κ3) is 4.02. The van der Waals surface area contributed by atoms with E-state index >= 15 is 0 Å². The lowest BCUT2D eigenvalue weighted by Crippen LogP contribution is -2.31. The molecule has 34 heavy (non-hydrogen) atoms. The van der Waals surface area contributed by atoms with E-state index in [0.29, 0.717) is 17.7 Å². The number of fused-ring (bicyclic) bond motifs is 1. The van der Waals surface area contributed by atoms with E-state index in [1.165, 1.54) is 4.57 Å². The largest absolute Gasteiger partial charge is 0.443 e. The first-order valence-electron chi connectivity index (χ1n) is 11.1. The Bertz CT molecular complexity index is 1280. The number of aromatic nitrogens is 1. The van der Waals surface area contributed by atoms with Crippen molar-refractivity contribution in [3.63, 3.8) is 0 Å². The number of nitrogens with zero attached hydrogens (tertiary/aromatic N) is 3. The van der Waals surface area contributed by atoms with Gasteiger partial charge in [0.1, 0.15) is 29.6 Å². The highest BCUT2D eigenvalue weighted by Gasteiger charge is 2.41. The van der Waals surface area contributed by atoms with Gasteiger partial charge in [-0.2, -0.15) is 5.26 Å². The smallest absolute Gasteiger partial charge is 0.420 e. The minimum atomic E-state index is -0.818. The number of nitriles is 1. The molecule has 0 aliphatic carbocycles. The molecule has 1 amide bonds. The molecule has 3 heterocycles. The Morgan fingerprint density at radius 3 is 2.65 bits per heavy atom. The second-order valence-electron chi connectivity index (χ2n) is 9.16. The van der Waals surface area contributed by atoms with E-state index in [9.17, 15) is 14.9 Å². The SMILES string of the molecule is CCC1(c2cccs2)OCC(=O)N(C)c2ccc(-c3ccc(C#N)n3C(=O)OC(C)(C)C)cc21. The fourth-order valence-corrected chi connectivity index (χ4v) is 5.20. The third-order valence-electron chi connectivity index (χ3n) is 5.89. The Morgan fingerprint density at radius 2 is 2.03 bits per heavy atom. The van der Waals surface area contributed by atoms with Gasteiger partial charge >= 0.3 is 6.09 Å². The van der Waals surface area contributed by atoms with Crippen LogP contribution in [0.2, 0.25) is 0 Å². The van der Waals surface area contributed by atoms with Crippen molar-refractivity contribution in [2.75, 3.05) is 18.6 Å². The van der Waals surface area contributed by atoms with Crippen molar-refractivity contribution in [2.24, 2.45) is 0 Å². The fourth-order valence-electron chi connectivity index (χ4n) is 4.24. The number of hydrogen-bond acceptors (Lipinski definition) is 6. The Morgan fingerprint density at radius 1 is 1.26 bits per heavy atom. The molecule has 7 nitrogen and oxygen atoms in total. The van der Waals surface area contributed by atoms with E-state index in [0.717, 1.165) is 16.1 Å². The van der Waals surface area contributed by atoms with Gasteiger partial charge in [-0.15, -0.1) is 11.3 Å². The number of rotatable bonds is 3. The summed E-state index contributed by atoms with van der Waals surface area (Å²) < 4.78 is 13.2. The second-order valence-corrected chi connectivity index (χ2v) is 10.1. The molecule has 8 heteroatoms. The van der Waals surface area contributed by atoms with Crippen LogP contribution in [0.25, 0.3) is 11.3 Å². The first-order valence-corrected chi connectivity index (χ1v) is 11.9. The van der Waals surface area contributed by atoms with Gasteiger partial charge in [-0.1, -0.05) is 19.1 Å². The summed E-state index contributed by atoms with van der Waals surface area (Å²) in [4.78, 5) is 28.4. The molecule has 1 aromatic carbocycles. The molecule has 0 radical (unpaired) electrons. The van der Waals surface area contributed by atoms with E-state index in [1.807, 2.05) is 42.6 Å². The first kappa shape index (κ1) is 23.7. The number of likely N-dealkylation sites (N-methyl/N-ethyl adjacent to an activating group) is 1. The van der Waals surface area contributed by atoms with Gasteiger partial charge in [0.25, 0.3) is 5.91 Å². The van der Waals surface area contributed by atoms with E-state index in [-0.39, 0.29) is 18.2 Å². The van der Waals surface area contributed by atoms with E-state index in [1.54, 1.807) is 56.2 Å². The summed E-state index contributed by atoms with van der Waals surface area (Å²) in [5, 5.41) is 11.6. The zero-order valence-corrected chi connectivity index (χ0v) is 20.7. The van der Waals surface area contributed by atoms with Gasteiger partial charge in [-0.3, -0.25) is 4.79 Å². The van der Waals surface area contributed by atoms with Crippen molar-refractivity contribution >= 4 is 29.0 Å². The van der Waals surface area contributed by atoms with E-state index in [2.05, 4.69) is 6.07 Å². The molecule has 1 unspecified atom stereocenters. The number of benzene rings is 1. The molecule has 1 aliphatic heterocycles. The zero-order chi connectivity index (χ0) is 24.7. The summed E-state index contributed by atoms with van der Waals surface area (Å²) >= 11 is 1.57. The molecule has 4 rings (SSSR count). The van der Waals surface area contributed by atoms with Crippen molar-refractivity contribution in [3.05, 3.63) is 64.0 Å². The summed E-state index contributed by atoms with van der Waals surface area (Å²) in [6.07, 6.45) is -0.00993. The highest BCUT2D eigenvalue weighted by Crippen LogP contribution is 2.46. The number of thiophene rings is 1. The number of anilines is 1. The minimum absolute atomic E-state index is 0.0425. The lowest BCUT2D eigenvalue weighted by Gasteiger charge is -2.32. The summed E-state index contributed by atoms with van der Waals surface area (Å²) in [7, 11) is 1.74. The van der Waals surface area contributed by atoms with Crippen LogP contribution in [0.5, 0.6) is 0 Å². The summed E-state index contributed by atoms with van der Waals surface area (Å²) in [5.74, 6) is -0.134. The van der Waals surface area contributed by atoms with Crippen LogP contribution < -0.4 is 4.90 Å². The average Bonchev–Trinajstić information content (AvgIpc) is 3.46. The van der Waals surface area contributed by atoms with Crippen molar-refractivity contribution in [1.82, 2.24) is 4.57 Å². The first-order chi connectivity index (χ1) is 16.1. The quantitative estimate of drug-likeness (QED) is 0.496. The summed E-state index contributed by atoms with van der Waals surface area (Å²) in [5.41, 5.74) is 1.47. The fraction of sp³-hybridized carbons (Fsp3) is 0.346. The summed E-state index contributed by atoms with van der Waals surface area (Å²) in [6, 6.07) is 15.0. The average molecular weight is 478 g/mol. The van der Waals surface area contributed by atoms with E-state index in [4.69, 9.17) is 9.47 Å². The maximum atomic E-state index is 13.0. The molecule has 1 aliphatic rings. The van der Waals surface area contributed by atoms with Crippen LogP contribution in [0.1, 0.15) is 50.3 Å². The van der Waals surface area contributed by atoms with Crippen molar-refractivity contribution in [2.45, 2.75) is 45.3 Å². The van der Waals surface area contributed by atoms with Crippen molar-refractivity contribution < 1.29 is 19.1 Å². The van der Waals surface area contributed by atoms with Crippen LogP contribution in [-0.4, -0.2) is 35.8 Å². The molecular formula is C26H27N3O4S. The Kier molecular flexibility index (Phi) is 6.11. The maximum absolute atomic E-state index is 13.0. The Balaban J connectivity index is 1.94. The van der Waals surface area contributed by atoms with Crippen LogP contribution in [0.3, 0.4) is 0 Å². The third-order valence-corrected chi connectivity index (χ3v) is 6.91. The molecule has 0 N–H and O–H groups in total. The molecule has 3 aromatic rings. The molecule has 0 saturated heterocycles. The predicted octanol–water partition coefficient (Wildman–Crippen LogP) is 5.52.